The summed E-state index contributed by atoms with van der Waals surface area (Å²) in [5, 5.41) is 3.62. The van der Waals surface area contributed by atoms with Gasteiger partial charge in [0.15, 0.2) is 0 Å². The first-order valence-electron chi connectivity index (χ1n) is 12.6. The minimum absolute atomic E-state index is 0.179. The Kier molecular flexibility index (Phi) is 6.89. The van der Waals surface area contributed by atoms with Crippen molar-refractivity contribution in [3.05, 3.63) is 101 Å². The number of ether oxygens (including phenoxy) is 3. The first-order chi connectivity index (χ1) is 18.2. The molecule has 0 fully saturated rings. The topological polar surface area (TPSA) is 52.9 Å². The maximum atomic E-state index is 14.0. The van der Waals surface area contributed by atoms with Crippen molar-refractivity contribution in [1.29, 1.82) is 0 Å². The zero-order chi connectivity index (χ0) is 26.9. The second kappa shape index (κ2) is 10.3. The monoisotopic (exact) mass is 513 g/mol. The molecule has 1 aliphatic heterocycles. The van der Waals surface area contributed by atoms with Crippen LogP contribution in [0, 0.1) is 12.7 Å². The van der Waals surface area contributed by atoms with Crippen LogP contribution in [0.15, 0.2) is 77.6 Å². The highest BCUT2D eigenvalue weighted by Gasteiger charge is 2.27. The van der Waals surface area contributed by atoms with E-state index in [0.717, 1.165) is 44.6 Å². The van der Waals surface area contributed by atoms with Crippen molar-refractivity contribution < 1.29 is 23.0 Å². The minimum Gasteiger partial charge on any atom is -0.496 e. The molecular formula is C32H32FNO4. The summed E-state index contributed by atoms with van der Waals surface area (Å²) in [6, 6.07) is 16.5. The summed E-state index contributed by atoms with van der Waals surface area (Å²) in [4.78, 5) is 0. The number of benzene rings is 3. The summed E-state index contributed by atoms with van der Waals surface area (Å²) in [5.74, 6) is 1.57. The lowest BCUT2D eigenvalue weighted by Gasteiger charge is -2.33. The minimum atomic E-state index is -0.326. The van der Waals surface area contributed by atoms with Gasteiger partial charge in [-0.1, -0.05) is 18.2 Å². The smallest absolute Gasteiger partial charge is 0.130 e. The molecule has 6 heteroatoms. The molecule has 1 N–H and O–H groups in total. The first kappa shape index (κ1) is 25.5. The van der Waals surface area contributed by atoms with Crippen molar-refractivity contribution in [2.75, 3.05) is 12.4 Å². The second-order valence-electron chi connectivity index (χ2n) is 10.2. The summed E-state index contributed by atoms with van der Waals surface area (Å²) in [5.41, 5.74) is 7.80. The average molecular weight is 514 g/mol. The van der Waals surface area contributed by atoms with Crippen LogP contribution in [0.1, 0.15) is 43.0 Å². The fraction of sp³-hybridized carbons (Fsp3) is 0.250. The van der Waals surface area contributed by atoms with Crippen LogP contribution in [0.5, 0.6) is 17.2 Å². The van der Waals surface area contributed by atoms with Crippen molar-refractivity contribution in [2.45, 2.75) is 46.4 Å². The van der Waals surface area contributed by atoms with Crippen LogP contribution in [0.4, 0.5) is 10.1 Å². The van der Waals surface area contributed by atoms with Crippen molar-refractivity contribution in [1.82, 2.24) is 0 Å². The predicted molar refractivity (Wildman–Crippen MR) is 148 cm³/mol. The molecule has 5 nitrogen and oxygen atoms in total. The van der Waals surface area contributed by atoms with Crippen molar-refractivity contribution in [3.63, 3.8) is 0 Å². The van der Waals surface area contributed by atoms with E-state index in [4.69, 9.17) is 18.6 Å². The summed E-state index contributed by atoms with van der Waals surface area (Å²) in [7, 11) is 1.65. The zero-order valence-electron chi connectivity index (χ0n) is 22.4. The normalized spacial score (nSPS) is 13.8. The Labute approximate surface area is 222 Å². The highest BCUT2D eigenvalue weighted by Crippen LogP contribution is 2.43. The molecule has 0 radical (unpaired) electrons. The lowest BCUT2D eigenvalue weighted by atomic mass is 9.85. The number of hydrogen-bond donors (Lipinski definition) is 1. The van der Waals surface area contributed by atoms with Crippen LogP contribution < -0.4 is 19.5 Å². The molecule has 0 amide bonds. The van der Waals surface area contributed by atoms with E-state index >= 15 is 0 Å². The van der Waals surface area contributed by atoms with E-state index in [-0.39, 0.29) is 18.0 Å². The Morgan fingerprint density at radius 2 is 1.71 bits per heavy atom. The third kappa shape index (κ3) is 5.25. The molecule has 0 spiro atoms. The Bertz CT molecular complexity index is 1490. The van der Waals surface area contributed by atoms with Gasteiger partial charge in [-0.15, -0.1) is 0 Å². The molecule has 196 valence electrons. The van der Waals surface area contributed by atoms with Crippen LogP contribution in [0.3, 0.4) is 0 Å². The molecule has 0 unspecified atom stereocenters. The summed E-state index contributed by atoms with van der Waals surface area (Å²) >= 11 is 0. The fourth-order valence-corrected chi connectivity index (χ4v) is 5.01. The van der Waals surface area contributed by atoms with Crippen LogP contribution >= 0.6 is 0 Å². The number of halogens is 1. The quantitative estimate of drug-likeness (QED) is 0.258. The highest BCUT2D eigenvalue weighted by atomic mass is 19.1. The van der Waals surface area contributed by atoms with E-state index in [2.05, 4.69) is 44.3 Å². The number of allylic oxidation sites excluding steroid dienone is 1. The molecular weight excluding hydrogens is 481 g/mol. The van der Waals surface area contributed by atoms with E-state index < -0.39 is 0 Å². The average Bonchev–Trinajstić information content (AvgIpc) is 3.40. The number of aryl methyl sites for hydroxylation is 1. The predicted octanol–water partition coefficient (Wildman–Crippen LogP) is 8.17. The summed E-state index contributed by atoms with van der Waals surface area (Å²) in [6.07, 6.45) is 5.51. The number of fused-ring (bicyclic) bond motifs is 1. The highest BCUT2D eigenvalue weighted by molar-refractivity contribution is 5.88. The first-order valence-corrected chi connectivity index (χ1v) is 12.6. The van der Waals surface area contributed by atoms with Crippen molar-refractivity contribution in [2.24, 2.45) is 0 Å². The van der Waals surface area contributed by atoms with Gasteiger partial charge in [0.2, 0.25) is 0 Å². The molecule has 1 aliphatic rings. The molecule has 4 aromatic rings. The standard InChI is InChI=1S/C32H32FNO4/c1-20-6-7-23(33)14-29(20)38-19-27-25(10-11-28-31(27)21(2)16-32(3,4)34-28)26-9-8-24(15-30(26)35-5)37-18-22-12-13-36-17-22/h6-17,34H,18-19H2,1-5H3. The molecule has 0 aliphatic carbocycles. The summed E-state index contributed by atoms with van der Waals surface area (Å²) in [6.45, 7) is 8.98. The number of anilines is 1. The van der Waals surface area contributed by atoms with Gasteiger partial charge in [-0.25, -0.2) is 4.39 Å². The van der Waals surface area contributed by atoms with Gasteiger partial charge in [0.25, 0.3) is 0 Å². The van der Waals surface area contributed by atoms with Gasteiger partial charge in [0, 0.05) is 40.1 Å². The van der Waals surface area contributed by atoms with Gasteiger partial charge >= 0.3 is 0 Å². The van der Waals surface area contributed by atoms with Gasteiger partial charge in [0.1, 0.15) is 36.3 Å². The Morgan fingerprint density at radius 1 is 0.895 bits per heavy atom. The zero-order valence-corrected chi connectivity index (χ0v) is 22.4. The fourth-order valence-electron chi connectivity index (χ4n) is 5.01. The third-order valence-corrected chi connectivity index (χ3v) is 6.71. The SMILES string of the molecule is COc1cc(OCc2ccoc2)ccc1-c1ccc2c(c1COc1cc(F)ccc1C)C(C)=CC(C)(C)N2. The lowest BCUT2D eigenvalue weighted by molar-refractivity contribution is 0.301. The number of rotatable bonds is 8. The van der Waals surface area contributed by atoms with Crippen molar-refractivity contribution in [3.8, 4) is 28.4 Å². The van der Waals surface area contributed by atoms with Crippen LogP contribution in [-0.4, -0.2) is 12.6 Å². The number of methoxy groups -OCH3 is 1. The van der Waals surface area contributed by atoms with E-state index in [0.29, 0.717) is 23.9 Å². The maximum absolute atomic E-state index is 14.0. The maximum Gasteiger partial charge on any atom is 0.130 e. The largest absolute Gasteiger partial charge is 0.496 e. The molecule has 0 saturated carbocycles. The summed E-state index contributed by atoms with van der Waals surface area (Å²) < 4.78 is 37.1. The van der Waals surface area contributed by atoms with Crippen LogP contribution in [-0.2, 0) is 13.2 Å². The molecule has 5 rings (SSSR count). The third-order valence-electron chi connectivity index (χ3n) is 6.71. The number of furan rings is 1. The number of nitrogens with one attached hydrogen (secondary N) is 1. The molecule has 0 saturated heterocycles. The molecule has 38 heavy (non-hydrogen) atoms. The number of hydrogen-bond acceptors (Lipinski definition) is 5. The Hall–Kier alpha value is -4.19. The van der Waals surface area contributed by atoms with Crippen LogP contribution in [0.2, 0.25) is 0 Å². The Balaban J connectivity index is 1.56. The van der Waals surface area contributed by atoms with E-state index in [9.17, 15) is 4.39 Å². The molecule has 0 atom stereocenters. The molecule has 3 aromatic carbocycles. The Morgan fingerprint density at radius 3 is 2.47 bits per heavy atom. The molecule has 0 bridgehead atoms. The van der Waals surface area contributed by atoms with E-state index in [1.54, 1.807) is 25.7 Å². The van der Waals surface area contributed by atoms with Gasteiger partial charge in [-0.3, -0.25) is 0 Å². The van der Waals surface area contributed by atoms with Crippen molar-refractivity contribution >= 4 is 11.3 Å². The van der Waals surface area contributed by atoms with E-state index in [1.165, 1.54) is 12.1 Å². The molecule has 1 aromatic heterocycles. The van der Waals surface area contributed by atoms with Gasteiger partial charge in [-0.2, -0.15) is 0 Å². The van der Waals surface area contributed by atoms with Gasteiger partial charge < -0.3 is 23.9 Å². The lowest BCUT2D eigenvalue weighted by Crippen LogP contribution is -2.32. The molecule has 2 heterocycles. The van der Waals surface area contributed by atoms with Gasteiger partial charge in [0.05, 0.1) is 25.2 Å². The second-order valence-corrected chi connectivity index (χ2v) is 10.2. The van der Waals surface area contributed by atoms with E-state index in [1.807, 2.05) is 31.2 Å². The van der Waals surface area contributed by atoms with Crippen LogP contribution in [0.25, 0.3) is 16.7 Å². The van der Waals surface area contributed by atoms with Gasteiger partial charge in [-0.05, 0) is 74.7 Å².